The third-order valence-corrected chi connectivity index (χ3v) is 5.86. The Hall–Kier alpha value is -2.21. The van der Waals surface area contributed by atoms with Gasteiger partial charge in [0, 0.05) is 25.4 Å². The summed E-state index contributed by atoms with van der Waals surface area (Å²) >= 11 is 0. The Kier molecular flexibility index (Phi) is 6.49. The molecule has 24 heavy (non-hydrogen) atoms. The van der Waals surface area contributed by atoms with E-state index in [9.17, 15) is 13.2 Å². The maximum Gasteiger partial charge on any atom is 0.220 e. The van der Waals surface area contributed by atoms with E-state index in [0.717, 1.165) is 12.8 Å². The fourth-order valence-electron chi connectivity index (χ4n) is 2.38. The number of pyridine rings is 1. The molecule has 0 fully saturated rings. The van der Waals surface area contributed by atoms with Gasteiger partial charge in [0.05, 0.1) is 4.90 Å². The van der Waals surface area contributed by atoms with Gasteiger partial charge in [-0.15, -0.1) is 0 Å². The average Bonchev–Trinajstić information content (AvgIpc) is 2.61. The molecular formula is C18H22N2O3S. The standard InChI is InChI=1S/C18H22N2O3S/c1-2-3-11-18(21)20-14-17(15-8-7-12-19-13-15)24(22,23)16-9-5-4-6-10-16/h4-10,12-13,17H,2-3,11,14H2,1H3,(H,20,21)/t17-/m1/s1. The van der Waals surface area contributed by atoms with Crippen LogP contribution in [0.1, 0.15) is 37.0 Å². The highest BCUT2D eigenvalue weighted by atomic mass is 32.2. The fourth-order valence-corrected chi connectivity index (χ4v) is 4.05. The lowest BCUT2D eigenvalue weighted by molar-refractivity contribution is -0.121. The maximum atomic E-state index is 13.0. The number of amides is 1. The van der Waals surface area contributed by atoms with Crippen molar-refractivity contribution in [1.82, 2.24) is 10.3 Å². The van der Waals surface area contributed by atoms with Crippen molar-refractivity contribution in [3.63, 3.8) is 0 Å². The van der Waals surface area contributed by atoms with Crippen molar-refractivity contribution >= 4 is 15.7 Å². The summed E-state index contributed by atoms with van der Waals surface area (Å²) in [7, 11) is -3.63. The highest BCUT2D eigenvalue weighted by Crippen LogP contribution is 2.27. The molecule has 0 bridgehead atoms. The molecule has 0 radical (unpaired) electrons. The van der Waals surface area contributed by atoms with Gasteiger partial charge in [-0.25, -0.2) is 8.42 Å². The van der Waals surface area contributed by atoms with Crippen LogP contribution in [0.2, 0.25) is 0 Å². The third kappa shape index (κ3) is 4.64. The van der Waals surface area contributed by atoms with Crippen molar-refractivity contribution in [3.8, 4) is 0 Å². The zero-order chi connectivity index (χ0) is 17.4. The van der Waals surface area contributed by atoms with Crippen LogP contribution in [-0.2, 0) is 14.6 Å². The van der Waals surface area contributed by atoms with Gasteiger partial charge in [0.2, 0.25) is 5.91 Å². The molecule has 1 heterocycles. The van der Waals surface area contributed by atoms with E-state index < -0.39 is 15.1 Å². The molecule has 0 aliphatic rings. The summed E-state index contributed by atoms with van der Waals surface area (Å²) in [5.74, 6) is -0.131. The summed E-state index contributed by atoms with van der Waals surface area (Å²) in [6, 6.07) is 11.7. The lowest BCUT2D eigenvalue weighted by atomic mass is 10.2. The molecule has 1 aromatic carbocycles. The van der Waals surface area contributed by atoms with Crippen molar-refractivity contribution in [2.45, 2.75) is 36.3 Å². The van der Waals surface area contributed by atoms with Crippen molar-refractivity contribution in [2.75, 3.05) is 6.54 Å². The molecule has 0 spiro atoms. The number of hydrogen-bond acceptors (Lipinski definition) is 4. The second kappa shape index (κ2) is 8.59. The average molecular weight is 346 g/mol. The van der Waals surface area contributed by atoms with Crippen LogP contribution in [0.3, 0.4) is 0 Å². The molecule has 128 valence electrons. The molecule has 2 rings (SSSR count). The van der Waals surface area contributed by atoms with Gasteiger partial charge in [0.15, 0.2) is 9.84 Å². The quantitative estimate of drug-likeness (QED) is 0.797. The summed E-state index contributed by atoms with van der Waals surface area (Å²) in [4.78, 5) is 16.1. The van der Waals surface area contributed by atoms with Crippen LogP contribution in [0.5, 0.6) is 0 Å². The number of carbonyl (C=O) groups is 1. The molecule has 1 amide bonds. The molecule has 0 saturated carbocycles. The molecule has 5 nitrogen and oxygen atoms in total. The largest absolute Gasteiger partial charge is 0.354 e. The maximum absolute atomic E-state index is 13.0. The summed E-state index contributed by atoms with van der Waals surface area (Å²) in [5, 5.41) is 1.88. The van der Waals surface area contributed by atoms with Gasteiger partial charge in [-0.1, -0.05) is 37.6 Å². The topological polar surface area (TPSA) is 76.1 Å². The Labute approximate surface area is 143 Å². The van der Waals surface area contributed by atoms with Gasteiger partial charge in [-0.05, 0) is 30.2 Å². The minimum Gasteiger partial charge on any atom is -0.354 e. The zero-order valence-electron chi connectivity index (χ0n) is 13.7. The van der Waals surface area contributed by atoms with E-state index in [1.54, 1.807) is 48.7 Å². The monoisotopic (exact) mass is 346 g/mol. The lowest BCUT2D eigenvalue weighted by Gasteiger charge is -2.18. The van der Waals surface area contributed by atoms with Crippen molar-refractivity contribution in [3.05, 3.63) is 60.4 Å². The van der Waals surface area contributed by atoms with Gasteiger partial charge in [0.25, 0.3) is 0 Å². The molecule has 1 N–H and O–H groups in total. The molecule has 6 heteroatoms. The summed E-state index contributed by atoms with van der Waals surface area (Å²) < 4.78 is 26.0. The van der Waals surface area contributed by atoms with Crippen LogP contribution in [0.4, 0.5) is 0 Å². The molecule has 2 aromatic rings. The van der Waals surface area contributed by atoms with Crippen LogP contribution >= 0.6 is 0 Å². The van der Waals surface area contributed by atoms with E-state index in [1.807, 2.05) is 6.92 Å². The highest BCUT2D eigenvalue weighted by molar-refractivity contribution is 7.91. The fraction of sp³-hybridized carbons (Fsp3) is 0.333. The normalized spacial score (nSPS) is 12.5. The number of carbonyl (C=O) groups excluding carboxylic acids is 1. The summed E-state index contributed by atoms with van der Waals surface area (Å²) in [6.45, 7) is 2.04. The van der Waals surface area contributed by atoms with Crippen LogP contribution in [0.15, 0.2) is 59.8 Å². The van der Waals surface area contributed by atoms with E-state index in [0.29, 0.717) is 12.0 Å². The van der Waals surface area contributed by atoms with E-state index in [1.165, 1.54) is 6.20 Å². The number of rotatable bonds is 8. The Balaban J connectivity index is 2.26. The van der Waals surface area contributed by atoms with Gasteiger partial charge in [-0.2, -0.15) is 0 Å². The van der Waals surface area contributed by atoms with Crippen LogP contribution in [-0.4, -0.2) is 25.9 Å². The molecule has 1 aromatic heterocycles. The molecule has 0 unspecified atom stereocenters. The predicted octanol–water partition coefficient (Wildman–Crippen LogP) is 2.90. The van der Waals surface area contributed by atoms with Gasteiger partial charge in [-0.3, -0.25) is 9.78 Å². The SMILES string of the molecule is CCCCC(=O)NC[C@H](c1cccnc1)S(=O)(=O)c1ccccc1. The predicted molar refractivity (Wildman–Crippen MR) is 93.1 cm³/mol. The number of sulfone groups is 1. The molecule has 0 aliphatic carbocycles. The minimum atomic E-state index is -3.63. The minimum absolute atomic E-state index is 0.0332. The Morgan fingerprint density at radius 2 is 1.92 bits per heavy atom. The number of aromatic nitrogens is 1. The number of hydrogen-bond donors (Lipinski definition) is 1. The third-order valence-electron chi connectivity index (χ3n) is 3.74. The first-order valence-electron chi connectivity index (χ1n) is 8.01. The first-order valence-corrected chi connectivity index (χ1v) is 9.56. The lowest BCUT2D eigenvalue weighted by Crippen LogP contribution is -2.31. The van der Waals surface area contributed by atoms with Crippen LogP contribution in [0.25, 0.3) is 0 Å². The van der Waals surface area contributed by atoms with Gasteiger partial charge in [0.1, 0.15) is 5.25 Å². The Morgan fingerprint density at radius 3 is 2.54 bits per heavy atom. The van der Waals surface area contributed by atoms with Gasteiger partial charge >= 0.3 is 0 Å². The van der Waals surface area contributed by atoms with Crippen molar-refractivity contribution < 1.29 is 13.2 Å². The summed E-state index contributed by atoms with van der Waals surface area (Å²) in [5.41, 5.74) is 0.567. The van der Waals surface area contributed by atoms with Crippen LogP contribution < -0.4 is 5.32 Å². The number of nitrogens with one attached hydrogen (secondary N) is 1. The van der Waals surface area contributed by atoms with E-state index >= 15 is 0 Å². The first-order chi connectivity index (χ1) is 11.6. The molecule has 1 atom stereocenters. The summed E-state index contributed by atoms with van der Waals surface area (Å²) in [6.07, 6.45) is 5.23. The van der Waals surface area contributed by atoms with E-state index in [2.05, 4.69) is 10.3 Å². The van der Waals surface area contributed by atoms with Gasteiger partial charge < -0.3 is 5.32 Å². The number of nitrogens with zero attached hydrogens (tertiary/aromatic N) is 1. The first kappa shape index (κ1) is 18.1. The van der Waals surface area contributed by atoms with Crippen LogP contribution in [0, 0.1) is 0 Å². The second-order valence-electron chi connectivity index (χ2n) is 5.54. The van der Waals surface area contributed by atoms with E-state index in [4.69, 9.17) is 0 Å². The molecule has 0 saturated heterocycles. The van der Waals surface area contributed by atoms with Crippen molar-refractivity contribution in [1.29, 1.82) is 0 Å². The van der Waals surface area contributed by atoms with E-state index in [-0.39, 0.29) is 17.3 Å². The Morgan fingerprint density at radius 1 is 1.17 bits per heavy atom. The molecular weight excluding hydrogens is 324 g/mol. The number of benzene rings is 1. The number of unbranched alkanes of at least 4 members (excludes halogenated alkanes) is 1. The zero-order valence-corrected chi connectivity index (χ0v) is 14.5. The Bertz CT molecular complexity index is 746. The van der Waals surface area contributed by atoms with Crippen molar-refractivity contribution in [2.24, 2.45) is 0 Å². The smallest absolute Gasteiger partial charge is 0.220 e. The molecule has 0 aliphatic heterocycles. The highest BCUT2D eigenvalue weighted by Gasteiger charge is 2.29. The second-order valence-corrected chi connectivity index (χ2v) is 7.67.